The van der Waals surface area contributed by atoms with Crippen LogP contribution in [0.2, 0.25) is 0 Å². The van der Waals surface area contributed by atoms with Gasteiger partial charge in [-0.3, -0.25) is 0 Å². The largest absolute Gasteiger partial charge is 0.355 e. The Bertz CT molecular complexity index is 2450. The lowest BCUT2D eigenvalue weighted by Gasteiger charge is -2.20. The highest BCUT2D eigenvalue weighted by molar-refractivity contribution is 5.84. The predicted molar refractivity (Wildman–Crippen MR) is 212 cm³/mol. The van der Waals surface area contributed by atoms with E-state index in [-0.39, 0.29) is 5.92 Å². The van der Waals surface area contributed by atoms with Crippen molar-refractivity contribution in [2.45, 2.75) is 106 Å². The molecule has 2 aromatic carbocycles. The second kappa shape index (κ2) is 13.9. The van der Waals surface area contributed by atoms with Gasteiger partial charge >= 0.3 is 0 Å². The van der Waals surface area contributed by atoms with Crippen molar-refractivity contribution in [2.24, 2.45) is 0 Å². The fourth-order valence-corrected chi connectivity index (χ4v) is 8.85. The summed E-state index contributed by atoms with van der Waals surface area (Å²) in [5.41, 5.74) is 16.1. The van der Waals surface area contributed by atoms with Gasteiger partial charge in [0.2, 0.25) is 0 Å². The van der Waals surface area contributed by atoms with Gasteiger partial charge in [0.15, 0.2) is 0 Å². The molecular formula is C46H54N4. The lowest BCUT2D eigenvalue weighted by Crippen LogP contribution is -2.32. The van der Waals surface area contributed by atoms with Gasteiger partial charge in [0, 0.05) is 56.9 Å². The van der Waals surface area contributed by atoms with E-state index in [0.29, 0.717) is 0 Å². The van der Waals surface area contributed by atoms with Crippen LogP contribution in [-0.4, -0.2) is 19.5 Å². The van der Waals surface area contributed by atoms with Crippen LogP contribution in [0.3, 0.4) is 0 Å². The molecule has 50 heavy (non-hydrogen) atoms. The van der Waals surface area contributed by atoms with Crippen molar-refractivity contribution >= 4 is 33.1 Å². The van der Waals surface area contributed by atoms with Crippen LogP contribution in [0.15, 0.2) is 72.8 Å². The number of nitrogens with zero attached hydrogens (tertiary/aromatic N) is 1. The van der Waals surface area contributed by atoms with Gasteiger partial charge in [-0.2, -0.15) is 0 Å². The molecule has 1 unspecified atom stereocenters. The summed E-state index contributed by atoms with van der Waals surface area (Å²) in [6, 6.07) is 27.5. The Morgan fingerprint density at radius 1 is 0.540 bits per heavy atom. The number of fused-ring (bicyclic) bond motifs is 9. The summed E-state index contributed by atoms with van der Waals surface area (Å²) < 4.78 is 2.68. The molecule has 4 nitrogen and oxygen atoms in total. The van der Waals surface area contributed by atoms with Crippen molar-refractivity contribution in [2.75, 3.05) is 0 Å². The topological polar surface area (TPSA) is 52.3 Å². The Morgan fingerprint density at radius 2 is 1.16 bits per heavy atom. The SMILES string of the molecule is CCC1=c2ccc([nH]2)=C(CC)c2cc(CC)c([nH]2)C(C(C)c2ccc3ccccc3c2)=c2c(CC)c(CC)c(n2CC)=C(CC)c2ccc1[nH]2. The third-order valence-corrected chi connectivity index (χ3v) is 11.4. The minimum atomic E-state index is 0.157. The molecule has 5 heterocycles. The summed E-state index contributed by atoms with van der Waals surface area (Å²) in [7, 11) is 0. The van der Waals surface area contributed by atoms with Crippen LogP contribution in [0, 0.1) is 0 Å². The number of aryl methyl sites for hydroxylation is 1. The number of hydrogen-bond donors (Lipinski definition) is 3. The Kier molecular flexibility index (Phi) is 9.39. The van der Waals surface area contributed by atoms with Crippen molar-refractivity contribution in [1.82, 2.24) is 19.5 Å². The summed E-state index contributed by atoms with van der Waals surface area (Å²) in [4.78, 5) is 11.9. The molecule has 0 fully saturated rings. The van der Waals surface area contributed by atoms with E-state index in [2.05, 4.69) is 148 Å². The molecule has 1 aliphatic heterocycles. The molecule has 0 spiro atoms. The van der Waals surface area contributed by atoms with E-state index in [1.54, 1.807) is 0 Å². The maximum absolute atomic E-state index is 4.12. The van der Waals surface area contributed by atoms with Gasteiger partial charge in [-0.05, 0) is 126 Å². The van der Waals surface area contributed by atoms with Crippen LogP contribution in [0.4, 0.5) is 0 Å². The van der Waals surface area contributed by atoms with Crippen LogP contribution >= 0.6 is 0 Å². The molecule has 8 bridgehead atoms. The van der Waals surface area contributed by atoms with Crippen molar-refractivity contribution in [3.8, 4) is 0 Å². The van der Waals surface area contributed by atoms with E-state index >= 15 is 0 Å². The summed E-state index contributed by atoms with van der Waals surface area (Å²) in [5, 5.41) is 7.76. The normalized spacial score (nSPS) is 13.9. The van der Waals surface area contributed by atoms with E-state index in [4.69, 9.17) is 0 Å². The number of H-pyrrole nitrogens is 3. The van der Waals surface area contributed by atoms with E-state index in [1.165, 1.54) is 99.5 Å². The highest BCUT2D eigenvalue weighted by Gasteiger charge is 2.26. The zero-order chi connectivity index (χ0) is 35.1. The first-order valence-electron chi connectivity index (χ1n) is 19.2. The second-order valence-corrected chi connectivity index (χ2v) is 13.9. The average molecular weight is 663 g/mol. The lowest BCUT2D eigenvalue weighted by molar-refractivity contribution is 0.706. The summed E-state index contributed by atoms with van der Waals surface area (Å²) >= 11 is 0. The molecule has 258 valence electrons. The molecule has 0 amide bonds. The maximum Gasteiger partial charge on any atom is 0.0506 e. The first kappa shape index (κ1) is 33.8. The maximum atomic E-state index is 4.12. The molecule has 3 N–H and O–H groups in total. The minimum Gasteiger partial charge on any atom is -0.355 e. The van der Waals surface area contributed by atoms with Crippen molar-refractivity contribution < 1.29 is 0 Å². The summed E-state index contributed by atoms with van der Waals surface area (Å²) in [5.74, 6) is 0.157. The first-order valence-corrected chi connectivity index (χ1v) is 19.2. The molecule has 4 aromatic heterocycles. The van der Waals surface area contributed by atoms with Gasteiger partial charge in [0.25, 0.3) is 0 Å². The fourth-order valence-electron chi connectivity index (χ4n) is 8.85. The van der Waals surface area contributed by atoms with E-state index in [1.807, 2.05) is 0 Å². The van der Waals surface area contributed by atoms with Crippen molar-refractivity contribution in [1.29, 1.82) is 0 Å². The van der Waals surface area contributed by atoms with Gasteiger partial charge in [-0.25, -0.2) is 0 Å². The Hall–Kier alpha value is -4.70. The van der Waals surface area contributed by atoms with Gasteiger partial charge in [-0.1, -0.05) is 90.9 Å². The molecule has 4 heteroatoms. The Balaban J connectivity index is 1.72. The Labute approximate surface area is 297 Å². The molecule has 1 aliphatic rings. The first-order chi connectivity index (χ1) is 24.4. The molecule has 0 saturated heterocycles. The number of hydrogen-bond acceptors (Lipinski definition) is 0. The van der Waals surface area contributed by atoms with E-state index in [9.17, 15) is 0 Å². The third kappa shape index (κ3) is 5.44. The summed E-state index contributed by atoms with van der Waals surface area (Å²) in [6.45, 7) is 19.6. The predicted octanol–water partition coefficient (Wildman–Crippen LogP) is 8.48. The highest BCUT2D eigenvalue weighted by atomic mass is 15.0. The average Bonchev–Trinajstić information content (AvgIpc) is 3.96. The van der Waals surface area contributed by atoms with Crippen LogP contribution in [0.5, 0.6) is 0 Å². The highest BCUT2D eigenvalue weighted by Crippen LogP contribution is 2.35. The van der Waals surface area contributed by atoms with Crippen LogP contribution in [0.25, 0.3) is 33.1 Å². The number of rotatable bonds is 9. The molecule has 1 atom stereocenters. The minimum absolute atomic E-state index is 0.157. The summed E-state index contributed by atoms with van der Waals surface area (Å²) in [6.07, 6.45) is 5.76. The van der Waals surface area contributed by atoms with Gasteiger partial charge in [0.1, 0.15) is 0 Å². The molecule has 0 saturated carbocycles. The zero-order valence-electron chi connectivity index (χ0n) is 31.4. The van der Waals surface area contributed by atoms with E-state index in [0.717, 1.165) is 45.1 Å². The van der Waals surface area contributed by atoms with Crippen molar-refractivity contribution in [3.63, 3.8) is 0 Å². The fraction of sp³-hybridized carbons (Fsp3) is 0.348. The quantitative estimate of drug-likeness (QED) is 0.139. The van der Waals surface area contributed by atoms with Crippen LogP contribution in [0.1, 0.15) is 126 Å². The number of aromatic amines is 3. The molecule has 0 aliphatic carbocycles. The van der Waals surface area contributed by atoms with Gasteiger partial charge in [0.05, 0.1) is 5.35 Å². The van der Waals surface area contributed by atoms with Crippen LogP contribution in [-0.2, 0) is 25.8 Å². The standard InChI is InChI=1S/C46H54N4/c1-9-29-27-42-36(13-5)40-23-22-38(47-40)35(12-4)39-24-25-41(48-39)37(14-6)45-33(10-2)34(11-3)46(50(45)15-7)43(44(29)49-42)28(8)31-21-20-30-18-16-17-19-32(30)26-31/h16-28,47-49H,9-15H2,1-8H3. The molecule has 0 radical (unpaired) electrons. The molecule has 7 rings (SSSR count). The van der Waals surface area contributed by atoms with Crippen LogP contribution < -0.4 is 21.4 Å². The van der Waals surface area contributed by atoms with Gasteiger partial charge < -0.3 is 19.5 Å². The second-order valence-electron chi connectivity index (χ2n) is 13.9. The third-order valence-electron chi connectivity index (χ3n) is 11.4. The van der Waals surface area contributed by atoms with Gasteiger partial charge in [-0.15, -0.1) is 0 Å². The number of nitrogens with one attached hydrogen (secondary N) is 3. The molecular weight excluding hydrogens is 609 g/mol. The lowest BCUT2D eigenvalue weighted by atomic mass is 9.86. The zero-order valence-corrected chi connectivity index (χ0v) is 31.4. The van der Waals surface area contributed by atoms with E-state index < -0.39 is 0 Å². The Morgan fingerprint density at radius 3 is 1.78 bits per heavy atom. The smallest absolute Gasteiger partial charge is 0.0506 e. The van der Waals surface area contributed by atoms with Crippen molar-refractivity contribution in [3.05, 3.63) is 139 Å². The molecule has 6 aromatic rings. The number of benzene rings is 2. The number of aromatic nitrogens is 4. The monoisotopic (exact) mass is 662 g/mol.